The van der Waals surface area contributed by atoms with Crippen LogP contribution in [0.4, 0.5) is 0 Å². The first-order chi connectivity index (χ1) is 10.4. The van der Waals surface area contributed by atoms with Crippen molar-refractivity contribution in [3.8, 4) is 0 Å². The summed E-state index contributed by atoms with van der Waals surface area (Å²) in [6, 6.07) is 6.51. The van der Waals surface area contributed by atoms with E-state index in [2.05, 4.69) is 6.92 Å². The molecule has 1 atom stereocenters. The molecular weight excluding hydrogens is 318 g/mol. The van der Waals surface area contributed by atoms with Gasteiger partial charge in [-0.1, -0.05) is 25.5 Å². The van der Waals surface area contributed by atoms with Gasteiger partial charge in [0.25, 0.3) is 5.91 Å². The van der Waals surface area contributed by atoms with Gasteiger partial charge in [0.05, 0.1) is 10.5 Å². The molecule has 0 spiro atoms. The molecule has 1 amide bonds. The third kappa shape index (κ3) is 4.26. The lowest BCUT2D eigenvalue weighted by Crippen LogP contribution is -2.36. The van der Waals surface area contributed by atoms with Crippen molar-refractivity contribution in [3.63, 3.8) is 0 Å². The summed E-state index contributed by atoms with van der Waals surface area (Å²) in [5.74, 6) is 0.872. The summed E-state index contributed by atoms with van der Waals surface area (Å²) < 4.78 is 23.8. The molecule has 2 rings (SSSR count). The zero-order chi connectivity index (χ0) is 16.2. The Morgan fingerprint density at radius 3 is 2.73 bits per heavy atom. The zero-order valence-electron chi connectivity index (χ0n) is 13.1. The van der Waals surface area contributed by atoms with Gasteiger partial charge in [-0.25, -0.2) is 8.42 Å². The van der Waals surface area contributed by atoms with Crippen LogP contribution in [0.5, 0.6) is 0 Å². The summed E-state index contributed by atoms with van der Waals surface area (Å²) in [5, 5.41) is 0.446. The number of amides is 1. The second kappa shape index (κ2) is 7.51. The Kier molecular flexibility index (Phi) is 5.92. The number of nitrogens with zero attached hydrogens (tertiary/aromatic N) is 1. The van der Waals surface area contributed by atoms with Gasteiger partial charge in [-0.3, -0.25) is 4.79 Å². The highest BCUT2D eigenvalue weighted by Gasteiger charge is 2.26. The number of sulfone groups is 1. The molecule has 0 saturated carbocycles. The van der Waals surface area contributed by atoms with E-state index >= 15 is 0 Å². The van der Waals surface area contributed by atoms with Crippen molar-refractivity contribution in [2.75, 3.05) is 25.1 Å². The van der Waals surface area contributed by atoms with E-state index < -0.39 is 9.84 Å². The van der Waals surface area contributed by atoms with Crippen LogP contribution in [-0.2, 0) is 9.84 Å². The summed E-state index contributed by atoms with van der Waals surface area (Å²) in [7, 11) is -3.40. The second-order valence-electron chi connectivity index (χ2n) is 5.59. The molecule has 1 saturated heterocycles. The van der Waals surface area contributed by atoms with Crippen LogP contribution in [0.15, 0.2) is 29.2 Å². The highest BCUT2D eigenvalue weighted by Crippen LogP contribution is 2.24. The number of hydrogen-bond acceptors (Lipinski definition) is 4. The topological polar surface area (TPSA) is 54.5 Å². The lowest BCUT2D eigenvalue weighted by Gasteiger charge is -2.25. The third-order valence-corrected chi connectivity index (χ3v) is 6.18. The van der Waals surface area contributed by atoms with Crippen molar-refractivity contribution in [3.05, 3.63) is 29.8 Å². The van der Waals surface area contributed by atoms with Gasteiger partial charge in [0.1, 0.15) is 0 Å². The van der Waals surface area contributed by atoms with Crippen molar-refractivity contribution in [2.24, 2.45) is 0 Å². The fourth-order valence-corrected chi connectivity index (χ4v) is 4.77. The molecular formula is C16H23NO3S2. The van der Waals surface area contributed by atoms with Crippen molar-refractivity contribution < 1.29 is 13.2 Å². The molecule has 6 heteroatoms. The minimum Gasteiger partial charge on any atom is -0.338 e. The lowest BCUT2D eigenvalue weighted by molar-refractivity contribution is 0.0759. The maximum atomic E-state index is 12.8. The molecule has 0 unspecified atom stereocenters. The van der Waals surface area contributed by atoms with Crippen molar-refractivity contribution in [2.45, 2.75) is 36.3 Å². The van der Waals surface area contributed by atoms with Gasteiger partial charge in [-0.15, -0.1) is 0 Å². The van der Waals surface area contributed by atoms with Crippen molar-refractivity contribution >= 4 is 27.5 Å². The summed E-state index contributed by atoms with van der Waals surface area (Å²) in [6.45, 7) is 3.54. The molecule has 122 valence electrons. The van der Waals surface area contributed by atoms with E-state index in [4.69, 9.17) is 0 Å². The maximum absolute atomic E-state index is 12.8. The zero-order valence-corrected chi connectivity index (χ0v) is 14.8. The molecule has 22 heavy (non-hydrogen) atoms. The third-order valence-electron chi connectivity index (χ3n) is 3.83. The van der Waals surface area contributed by atoms with E-state index in [0.29, 0.717) is 23.9 Å². The second-order valence-corrected chi connectivity index (χ2v) is 9.15. The van der Waals surface area contributed by atoms with Crippen LogP contribution in [-0.4, -0.2) is 49.6 Å². The highest BCUT2D eigenvalue weighted by atomic mass is 32.2. The number of likely N-dealkylation sites (tertiary alicyclic amines) is 1. The first kappa shape index (κ1) is 17.3. The summed E-state index contributed by atoms with van der Waals surface area (Å²) >= 11 is 1.88. The van der Waals surface area contributed by atoms with Crippen LogP contribution < -0.4 is 0 Å². The predicted molar refractivity (Wildman–Crippen MR) is 91.2 cm³/mol. The molecule has 0 bridgehead atoms. The minimum absolute atomic E-state index is 0.129. The Labute approximate surface area is 137 Å². The summed E-state index contributed by atoms with van der Waals surface area (Å²) in [6.07, 6.45) is 4.37. The highest BCUT2D eigenvalue weighted by molar-refractivity contribution is 7.99. The Balaban J connectivity index is 2.27. The average molecular weight is 341 g/mol. The van der Waals surface area contributed by atoms with E-state index in [1.807, 2.05) is 16.7 Å². The maximum Gasteiger partial charge on any atom is 0.255 e. The summed E-state index contributed by atoms with van der Waals surface area (Å²) in [4.78, 5) is 14.8. The smallest absolute Gasteiger partial charge is 0.255 e. The molecule has 0 aromatic heterocycles. The largest absolute Gasteiger partial charge is 0.338 e. The van der Waals surface area contributed by atoms with Gasteiger partial charge in [-0.2, -0.15) is 11.8 Å². The van der Waals surface area contributed by atoms with E-state index in [1.165, 1.54) is 6.07 Å². The van der Waals surface area contributed by atoms with Crippen LogP contribution in [0, 0.1) is 0 Å². The van der Waals surface area contributed by atoms with Gasteiger partial charge in [-0.05, 0) is 30.7 Å². The lowest BCUT2D eigenvalue weighted by atomic mass is 10.2. The Hall–Kier alpha value is -1.01. The average Bonchev–Trinajstić information content (AvgIpc) is 2.72. The van der Waals surface area contributed by atoms with Crippen LogP contribution in [0.2, 0.25) is 0 Å². The van der Waals surface area contributed by atoms with Crippen LogP contribution in [0.1, 0.15) is 36.5 Å². The number of carbonyl (C=O) groups is 1. The SMILES string of the molecule is CCS[C@@H]1CCCCN(C(=O)c2ccccc2S(C)(=O)=O)C1. The van der Waals surface area contributed by atoms with Gasteiger partial charge in [0, 0.05) is 24.6 Å². The first-order valence-electron chi connectivity index (χ1n) is 7.63. The number of benzene rings is 1. The summed E-state index contributed by atoms with van der Waals surface area (Å²) in [5.41, 5.74) is 0.298. The van der Waals surface area contributed by atoms with Crippen LogP contribution in [0.25, 0.3) is 0 Å². The number of hydrogen-bond donors (Lipinski definition) is 0. The van der Waals surface area contributed by atoms with Gasteiger partial charge >= 0.3 is 0 Å². The van der Waals surface area contributed by atoms with E-state index in [-0.39, 0.29) is 10.8 Å². The fraction of sp³-hybridized carbons (Fsp3) is 0.562. The molecule has 0 aliphatic carbocycles. The molecule has 0 radical (unpaired) electrons. The normalized spacial score (nSPS) is 19.7. The molecule has 1 aromatic carbocycles. The molecule has 1 aliphatic heterocycles. The van der Waals surface area contributed by atoms with Crippen molar-refractivity contribution in [1.29, 1.82) is 0 Å². The Morgan fingerprint density at radius 1 is 1.32 bits per heavy atom. The Morgan fingerprint density at radius 2 is 2.05 bits per heavy atom. The van der Waals surface area contributed by atoms with E-state index in [1.54, 1.807) is 18.2 Å². The minimum atomic E-state index is -3.40. The fourth-order valence-electron chi connectivity index (χ4n) is 2.80. The van der Waals surface area contributed by atoms with Gasteiger partial charge in [0.2, 0.25) is 0 Å². The first-order valence-corrected chi connectivity index (χ1v) is 10.6. The van der Waals surface area contributed by atoms with Gasteiger partial charge in [0.15, 0.2) is 9.84 Å². The molecule has 1 aromatic rings. The van der Waals surface area contributed by atoms with Crippen molar-refractivity contribution in [1.82, 2.24) is 4.90 Å². The number of carbonyl (C=O) groups excluding carboxylic acids is 1. The van der Waals surface area contributed by atoms with Crippen LogP contribution >= 0.6 is 11.8 Å². The van der Waals surface area contributed by atoms with Crippen LogP contribution in [0.3, 0.4) is 0 Å². The molecule has 1 fully saturated rings. The number of thioether (sulfide) groups is 1. The quantitative estimate of drug-likeness (QED) is 0.845. The molecule has 1 aliphatic rings. The molecule has 0 N–H and O–H groups in total. The number of rotatable bonds is 4. The molecule has 1 heterocycles. The van der Waals surface area contributed by atoms with Gasteiger partial charge < -0.3 is 4.90 Å². The Bertz CT molecular complexity index is 628. The van der Waals surface area contributed by atoms with E-state index in [9.17, 15) is 13.2 Å². The van der Waals surface area contributed by atoms with E-state index in [0.717, 1.165) is 31.3 Å². The standard InChI is InChI=1S/C16H23NO3S2/c1-3-21-13-8-6-7-11-17(12-13)16(18)14-9-4-5-10-15(14)22(2,19)20/h4-5,9-10,13H,3,6-8,11-12H2,1-2H3/t13-/m1/s1. The monoisotopic (exact) mass is 341 g/mol. The predicted octanol–water partition coefficient (Wildman–Crippen LogP) is 2.84. The molecule has 4 nitrogen and oxygen atoms in total.